The molecule has 2 saturated heterocycles. The monoisotopic (exact) mass is 929 g/mol. The highest BCUT2D eigenvalue weighted by Gasteiger charge is 2.50. The molecule has 4 aromatic rings. The van der Waals surface area contributed by atoms with Crippen LogP contribution in [-0.4, -0.2) is 73.2 Å². The van der Waals surface area contributed by atoms with Gasteiger partial charge in [-0.05, 0) is 136 Å². The summed E-state index contributed by atoms with van der Waals surface area (Å²) in [7, 11) is -4.51. The van der Waals surface area contributed by atoms with Gasteiger partial charge in [-0.3, -0.25) is 9.69 Å². The Kier molecular flexibility index (Phi) is 11.7. The van der Waals surface area contributed by atoms with Gasteiger partial charge >= 0.3 is 0 Å². The number of hydrogen-bond donors (Lipinski definition) is 4. The highest BCUT2D eigenvalue weighted by molar-refractivity contribution is 7.90. The van der Waals surface area contributed by atoms with Gasteiger partial charge in [0.2, 0.25) is 0 Å². The lowest BCUT2D eigenvalue weighted by atomic mass is 9.59. The first-order valence-corrected chi connectivity index (χ1v) is 25.4. The number of halogens is 1. The van der Waals surface area contributed by atoms with Crippen molar-refractivity contribution in [1.29, 1.82) is 5.26 Å². The fraction of sp³-hybridized carbons (Fsp3) is 0.481. The van der Waals surface area contributed by atoms with Gasteiger partial charge in [-0.1, -0.05) is 38.1 Å². The Hall–Kier alpha value is -5.69. The number of nitrogen functional groups attached to an aromatic ring is 1. The molecule has 3 aromatic carbocycles. The van der Waals surface area contributed by atoms with Crippen molar-refractivity contribution in [3.05, 3.63) is 100 Å². The van der Waals surface area contributed by atoms with Gasteiger partial charge in [0.1, 0.15) is 35.7 Å². The van der Waals surface area contributed by atoms with Crippen LogP contribution in [0.15, 0.2) is 71.6 Å². The molecule has 0 bridgehead atoms. The minimum absolute atomic E-state index is 0.00987. The number of fused-ring (bicyclic) bond motifs is 2. The molecule has 3 aliphatic carbocycles. The predicted octanol–water partition coefficient (Wildman–Crippen LogP) is 9.14. The number of likely N-dealkylation sites (tertiary alicyclic amines) is 1. The quantitative estimate of drug-likeness (QED) is 0.111. The van der Waals surface area contributed by atoms with Crippen LogP contribution in [0.2, 0.25) is 0 Å². The molecule has 2 saturated carbocycles. The number of pyridine rings is 1. The molecule has 3 aliphatic heterocycles. The van der Waals surface area contributed by atoms with Crippen molar-refractivity contribution in [1.82, 2.24) is 14.6 Å². The van der Waals surface area contributed by atoms with Crippen molar-refractivity contribution in [3.8, 4) is 23.3 Å². The average Bonchev–Trinajstić information content (AvgIpc) is 3.94. The standard InChI is InChI=1S/C52H60FN7O6S/c1-31(2)36-7-4-5-8-37(36)45-9-6-20-60(45)34-27-52(28-34)18-21-59(22-19-52)33-10-11-38(46(23-33)66-47-26-39-40(53)12-13-42(39)56-43(47)29-54)50(61)58-67(63,64)35-24-41(55)49-48(25-35)65-30-44(57-49)32-14-16-51(3,62)17-15-32/h4-5,7-8,10-12,23-26,31-32,34,44-45,57,62H,6,9,13-22,27-28,30,55H2,1-3H3,(H,58,61)/t32-,44-,45?,51-/m1/s1. The van der Waals surface area contributed by atoms with Crippen molar-refractivity contribution in [2.24, 2.45) is 11.3 Å². The Morgan fingerprint density at radius 2 is 1.81 bits per heavy atom. The first-order valence-electron chi connectivity index (χ1n) is 23.9. The Balaban J connectivity index is 0.865. The number of rotatable bonds is 10. The lowest BCUT2D eigenvalue weighted by Crippen LogP contribution is -2.54. The Labute approximate surface area is 392 Å². The summed E-state index contributed by atoms with van der Waals surface area (Å²) in [4.78, 5) is 23.3. The van der Waals surface area contributed by atoms with Crippen LogP contribution in [0.3, 0.4) is 0 Å². The number of hydrogen-bond acceptors (Lipinski definition) is 12. The van der Waals surface area contributed by atoms with E-state index >= 15 is 0 Å². The SMILES string of the molecule is CC(C)c1ccccc1C1CCCN1C1CC2(CCN(c3ccc(C(=O)NS(=O)(=O)c4cc(N)c5c(c4)OC[C@H]([C@H]4CC[C@](C)(O)CC4)N5)c(Oc4cc5c(nc4C#N)CC=C5F)c3)CC2)C1. The summed E-state index contributed by atoms with van der Waals surface area (Å²) in [6, 6.07) is 21.0. The van der Waals surface area contributed by atoms with Crippen molar-refractivity contribution >= 4 is 38.8 Å². The lowest BCUT2D eigenvalue weighted by molar-refractivity contribution is -0.0227. The summed E-state index contributed by atoms with van der Waals surface area (Å²) < 4.78 is 57.4. The smallest absolute Gasteiger partial charge is 0.268 e. The molecule has 13 nitrogen and oxygen atoms in total. The van der Waals surface area contributed by atoms with E-state index in [9.17, 15) is 28.0 Å². The Morgan fingerprint density at radius 1 is 1.04 bits per heavy atom. The van der Waals surface area contributed by atoms with E-state index in [4.69, 9.17) is 15.2 Å². The molecule has 1 amide bonds. The van der Waals surface area contributed by atoms with Gasteiger partial charge in [-0.15, -0.1) is 0 Å². The van der Waals surface area contributed by atoms with Gasteiger partial charge in [0.15, 0.2) is 11.4 Å². The number of sulfonamides is 1. The zero-order valence-corrected chi connectivity index (χ0v) is 39.3. The topological polar surface area (TPSA) is 183 Å². The molecule has 67 heavy (non-hydrogen) atoms. The number of nitrogens with one attached hydrogen (secondary N) is 2. The van der Waals surface area contributed by atoms with Gasteiger partial charge in [-0.2, -0.15) is 5.26 Å². The van der Waals surface area contributed by atoms with Crippen LogP contribution in [0, 0.1) is 22.7 Å². The molecule has 10 rings (SSSR count). The number of amides is 1. The maximum atomic E-state index is 14.9. The zero-order valence-electron chi connectivity index (χ0n) is 38.5. The second-order valence-electron chi connectivity index (χ2n) is 20.4. The lowest BCUT2D eigenvalue weighted by Gasteiger charge is -2.56. The van der Waals surface area contributed by atoms with E-state index in [1.807, 2.05) is 13.0 Å². The zero-order chi connectivity index (χ0) is 46.8. The van der Waals surface area contributed by atoms with Gasteiger partial charge in [0, 0.05) is 55.0 Å². The fourth-order valence-corrected chi connectivity index (χ4v) is 12.8. The van der Waals surface area contributed by atoms with Crippen molar-refractivity contribution in [3.63, 3.8) is 0 Å². The molecule has 4 heterocycles. The third kappa shape index (κ3) is 8.72. The molecular weight excluding hydrogens is 870 g/mol. The maximum absolute atomic E-state index is 14.9. The van der Waals surface area contributed by atoms with Crippen LogP contribution in [-0.2, 0) is 16.4 Å². The number of benzene rings is 3. The normalized spacial score (nSPS) is 24.8. The molecule has 1 spiro atoms. The summed E-state index contributed by atoms with van der Waals surface area (Å²) in [5.74, 6) is -0.547. The first kappa shape index (κ1) is 45.1. The van der Waals surface area contributed by atoms with Gasteiger partial charge in [-0.25, -0.2) is 22.5 Å². The van der Waals surface area contributed by atoms with Crippen LogP contribution in [0.1, 0.15) is 135 Å². The molecule has 15 heteroatoms. The van der Waals surface area contributed by atoms with Crippen LogP contribution in [0.25, 0.3) is 5.83 Å². The van der Waals surface area contributed by atoms with E-state index in [1.165, 1.54) is 67.2 Å². The van der Waals surface area contributed by atoms with Crippen LogP contribution in [0.4, 0.5) is 21.5 Å². The number of piperidine rings is 1. The average molecular weight is 930 g/mol. The summed E-state index contributed by atoms with van der Waals surface area (Å²) in [5, 5.41) is 24.0. The molecule has 2 atom stereocenters. The van der Waals surface area contributed by atoms with E-state index in [0.717, 1.165) is 51.0 Å². The molecule has 6 aliphatic rings. The van der Waals surface area contributed by atoms with Gasteiger partial charge in [0.25, 0.3) is 15.9 Å². The van der Waals surface area contributed by atoms with Crippen molar-refractivity contribution in [2.75, 3.05) is 42.2 Å². The number of nitrogens with zero attached hydrogens (tertiary/aromatic N) is 4. The largest absolute Gasteiger partial charge is 0.489 e. The summed E-state index contributed by atoms with van der Waals surface area (Å²) >= 11 is 0. The van der Waals surface area contributed by atoms with Gasteiger partial charge < -0.3 is 30.5 Å². The number of anilines is 3. The molecule has 352 valence electrons. The summed E-state index contributed by atoms with van der Waals surface area (Å²) in [6.45, 7) is 9.39. The molecule has 1 unspecified atom stereocenters. The van der Waals surface area contributed by atoms with E-state index in [1.54, 1.807) is 12.1 Å². The summed E-state index contributed by atoms with van der Waals surface area (Å²) in [6.07, 6.45) is 11.4. The number of nitriles is 1. The molecular formula is C52H60FN7O6S. The Morgan fingerprint density at radius 3 is 2.55 bits per heavy atom. The van der Waals surface area contributed by atoms with E-state index < -0.39 is 27.4 Å². The van der Waals surface area contributed by atoms with E-state index in [2.05, 4.69) is 62.9 Å². The molecule has 1 aromatic heterocycles. The molecule has 5 N–H and O–H groups in total. The van der Waals surface area contributed by atoms with Gasteiger partial charge in [0.05, 0.1) is 33.5 Å². The second-order valence-corrected chi connectivity index (χ2v) is 22.1. The second kappa shape index (κ2) is 17.4. The number of aliphatic hydroxyl groups is 1. The maximum Gasteiger partial charge on any atom is 0.268 e. The number of nitrogens with two attached hydrogens (primary N) is 1. The summed E-state index contributed by atoms with van der Waals surface area (Å²) in [5.41, 5.74) is 10.8. The van der Waals surface area contributed by atoms with E-state index in [0.29, 0.717) is 42.2 Å². The fourth-order valence-electron chi connectivity index (χ4n) is 11.8. The molecule has 0 radical (unpaired) electrons. The minimum atomic E-state index is -4.51. The Bertz CT molecular complexity index is 2780. The predicted molar refractivity (Wildman–Crippen MR) is 255 cm³/mol. The van der Waals surface area contributed by atoms with Crippen molar-refractivity contribution < 1.29 is 32.2 Å². The van der Waals surface area contributed by atoms with E-state index in [-0.39, 0.29) is 75.1 Å². The first-order chi connectivity index (χ1) is 32.1. The molecule has 4 fully saturated rings. The third-order valence-corrected chi connectivity index (χ3v) is 17.0. The highest BCUT2D eigenvalue weighted by Crippen LogP contribution is 2.54. The third-order valence-electron chi connectivity index (χ3n) is 15.7. The number of carbonyl (C=O) groups excluding carboxylic acids is 1. The van der Waals surface area contributed by atoms with Crippen LogP contribution in [0.5, 0.6) is 17.2 Å². The number of ether oxygens (including phenoxy) is 2. The minimum Gasteiger partial charge on any atom is -0.489 e. The number of carbonyl (C=O) groups is 1. The van der Waals surface area contributed by atoms with Crippen LogP contribution >= 0.6 is 0 Å². The number of allylic oxidation sites excluding steroid dienone is 1. The highest BCUT2D eigenvalue weighted by atomic mass is 32.2. The number of aromatic nitrogens is 1. The van der Waals surface area contributed by atoms with Crippen molar-refractivity contribution in [2.45, 2.75) is 126 Å². The van der Waals surface area contributed by atoms with Crippen LogP contribution < -0.4 is 30.1 Å².